The summed E-state index contributed by atoms with van der Waals surface area (Å²) in [5.41, 5.74) is 7.84. The molecule has 0 radical (unpaired) electrons. The number of benzene rings is 5. The van der Waals surface area contributed by atoms with Crippen LogP contribution >= 0.6 is 11.8 Å². The van der Waals surface area contributed by atoms with E-state index in [0.29, 0.717) is 42.4 Å². The topological polar surface area (TPSA) is 187 Å². The summed E-state index contributed by atoms with van der Waals surface area (Å²) in [6.07, 6.45) is -0.760. The molecule has 0 unspecified atom stereocenters. The molecule has 0 spiro atoms. The van der Waals surface area contributed by atoms with E-state index in [-0.39, 0.29) is 16.2 Å². The molecule has 20 heteroatoms. The standard InChI is InChI=1S/C42H34F4N6O7S3/c43-29-12-18-34(36(45)23-29)39-40(35-19-13-30(44)24-37(35)46)42(55)52(41(39)54)20-4-7-38(53)48-61(56,57)32-14-8-27(9-15-32)25-51(21-22-60-31-5-2-1-3-6-31)26-28-10-16-33(17-11-28)62(58,59)50-49-47/h1-3,5-6,8-19,23-24H,4,7,20-22,25-26H2,(H,48,53). The Labute approximate surface area is 357 Å². The first-order valence-corrected chi connectivity index (χ1v) is 22.4. The molecule has 13 nitrogen and oxygen atoms in total. The van der Waals surface area contributed by atoms with Crippen molar-refractivity contribution in [2.45, 2.75) is 40.6 Å². The molecule has 3 amide bonds. The van der Waals surface area contributed by atoms with Crippen LogP contribution in [0.15, 0.2) is 134 Å². The number of carbonyl (C=O) groups is 3. The van der Waals surface area contributed by atoms with E-state index in [4.69, 9.17) is 5.53 Å². The van der Waals surface area contributed by atoms with E-state index in [9.17, 15) is 48.8 Å². The van der Waals surface area contributed by atoms with Crippen molar-refractivity contribution in [1.82, 2.24) is 14.5 Å². The van der Waals surface area contributed by atoms with Crippen molar-refractivity contribution in [3.63, 3.8) is 0 Å². The average molecular weight is 907 g/mol. The average Bonchev–Trinajstić information content (AvgIpc) is 3.46. The first-order valence-electron chi connectivity index (χ1n) is 18.5. The zero-order valence-electron chi connectivity index (χ0n) is 32.2. The van der Waals surface area contributed by atoms with Gasteiger partial charge in [0.15, 0.2) is 0 Å². The second-order valence-corrected chi connectivity index (χ2v) is 18.1. The highest BCUT2D eigenvalue weighted by Gasteiger charge is 2.41. The molecule has 5 aromatic rings. The Morgan fingerprint density at radius 3 is 1.74 bits per heavy atom. The van der Waals surface area contributed by atoms with Gasteiger partial charge in [0.2, 0.25) is 5.91 Å². The molecule has 320 valence electrons. The maximum atomic E-state index is 14.9. The fourth-order valence-electron chi connectivity index (χ4n) is 6.50. The third-order valence-corrected chi connectivity index (χ3v) is 13.0. The second kappa shape index (κ2) is 19.6. The van der Waals surface area contributed by atoms with Gasteiger partial charge in [-0.05, 0) is 83.7 Å². The van der Waals surface area contributed by atoms with E-state index in [0.717, 1.165) is 40.3 Å². The summed E-state index contributed by atoms with van der Waals surface area (Å²) >= 11 is 1.63. The molecule has 0 saturated heterocycles. The highest BCUT2D eigenvalue weighted by molar-refractivity contribution is 7.99. The maximum Gasteiger partial charge on any atom is 0.264 e. The molecule has 1 N–H and O–H groups in total. The lowest BCUT2D eigenvalue weighted by Gasteiger charge is -2.23. The van der Waals surface area contributed by atoms with E-state index in [1.807, 2.05) is 35.1 Å². The molecule has 0 bridgehead atoms. The predicted octanol–water partition coefficient (Wildman–Crippen LogP) is 7.60. The number of rotatable bonds is 18. The summed E-state index contributed by atoms with van der Waals surface area (Å²) in [4.78, 5) is 45.6. The van der Waals surface area contributed by atoms with Crippen molar-refractivity contribution in [3.8, 4) is 0 Å². The number of carbonyl (C=O) groups excluding carboxylic acids is 3. The van der Waals surface area contributed by atoms with E-state index < -0.39 is 96.3 Å². The zero-order valence-corrected chi connectivity index (χ0v) is 34.7. The van der Waals surface area contributed by atoms with Gasteiger partial charge in [0.05, 0.1) is 20.9 Å². The molecule has 6 rings (SSSR count). The Kier molecular flexibility index (Phi) is 14.3. The molecule has 1 aliphatic heterocycles. The number of nitrogens with one attached hydrogen (secondary N) is 1. The maximum absolute atomic E-state index is 14.9. The SMILES string of the molecule is [N-]=[N+]=NS(=O)(=O)c1ccc(CN(CCSc2ccccc2)Cc2ccc(S(=O)(=O)NC(=O)CCCN3C(=O)C(c4ccc(F)cc4F)=C(c4ccc(F)cc4F)C3=O)cc2)cc1. The molecule has 0 atom stereocenters. The van der Waals surface area contributed by atoms with Crippen LogP contribution in [-0.4, -0.2) is 63.2 Å². The van der Waals surface area contributed by atoms with Gasteiger partial charge in [0, 0.05) is 75.9 Å². The number of azide groups is 1. The smallest absolute Gasteiger partial charge is 0.264 e. The minimum atomic E-state index is -4.39. The highest BCUT2D eigenvalue weighted by atomic mass is 32.2. The van der Waals surface area contributed by atoms with Crippen molar-refractivity contribution < 1.29 is 48.8 Å². The van der Waals surface area contributed by atoms with Crippen LogP contribution in [-0.2, 0) is 47.5 Å². The number of halogens is 4. The summed E-state index contributed by atoms with van der Waals surface area (Å²) in [6, 6.07) is 25.8. The number of sulfonamides is 2. The minimum Gasteiger partial charge on any atom is -0.294 e. The summed E-state index contributed by atoms with van der Waals surface area (Å²) < 4.78 is 113. The largest absolute Gasteiger partial charge is 0.294 e. The van der Waals surface area contributed by atoms with Crippen molar-refractivity contribution in [2.24, 2.45) is 4.52 Å². The van der Waals surface area contributed by atoms with E-state index in [1.54, 1.807) is 36.0 Å². The number of nitrogens with zero attached hydrogens (tertiary/aromatic N) is 5. The van der Waals surface area contributed by atoms with Gasteiger partial charge in [0.25, 0.3) is 31.9 Å². The molecule has 0 aliphatic carbocycles. The van der Waals surface area contributed by atoms with Crippen LogP contribution < -0.4 is 4.72 Å². The third kappa shape index (κ3) is 10.9. The van der Waals surface area contributed by atoms with Crippen LogP contribution in [0.1, 0.15) is 35.1 Å². The third-order valence-electron chi connectivity index (χ3n) is 9.43. The molecular formula is C42H34F4N6O7S3. The minimum absolute atomic E-state index is 0.159. The van der Waals surface area contributed by atoms with Gasteiger partial charge in [-0.3, -0.25) is 24.2 Å². The van der Waals surface area contributed by atoms with E-state index >= 15 is 0 Å². The monoisotopic (exact) mass is 906 g/mol. The molecule has 1 aliphatic rings. The summed E-state index contributed by atoms with van der Waals surface area (Å²) in [7, 11) is -8.55. The molecule has 0 aromatic heterocycles. The fraction of sp³-hybridized carbons (Fsp3) is 0.167. The second-order valence-electron chi connectivity index (χ2n) is 13.7. The Morgan fingerprint density at radius 1 is 0.726 bits per heavy atom. The number of hydrogen-bond acceptors (Lipinski definition) is 9. The van der Waals surface area contributed by atoms with Gasteiger partial charge in [-0.25, -0.2) is 39.1 Å². The number of hydrogen-bond donors (Lipinski definition) is 1. The van der Waals surface area contributed by atoms with Crippen LogP contribution in [0.25, 0.3) is 21.6 Å². The first-order chi connectivity index (χ1) is 29.6. The molecule has 5 aromatic carbocycles. The Bertz CT molecular complexity index is 2750. The predicted molar refractivity (Wildman–Crippen MR) is 221 cm³/mol. The molecule has 1 heterocycles. The number of thioether (sulfide) groups is 1. The first kappa shape index (κ1) is 45.2. The van der Waals surface area contributed by atoms with Crippen LogP contribution in [0.5, 0.6) is 0 Å². The molecular weight excluding hydrogens is 873 g/mol. The van der Waals surface area contributed by atoms with Gasteiger partial charge in [0.1, 0.15) is 23.3 Å². The number of amides is 3. The van der Waals surface area contributed by atoms with Gasteiger partial charge in [-0.2, -0.15) is 0 Å². The lowest BCUT2D eigenvalue weighted by molar-refractivity contribution is -0.136. The lowest BCUT2D eigenvalue weighted by Crippen LogP contribution is -2.34. The Morgan fingerprint density at radius 2 is 1.24 bits per heavy atom. The van der Waals surface area contributed by atoms with E-state index in [2.05, 4.69) is 14.3 Å². The van der Waals surface area contributed by atoms with Crippen LogP contribution in [0.4, 0.5) is 17.6 Å². The van der Waals surface area contributed by atoms with Crippen LogP contribution in [0.2, 0.25) is 0 Å². The normalized spacial score (nSPS) is 13.1. The lowest BCUT2D eigenvalue weighted by atomic mass is 9.95. The quantitative estimate of drug-likeness (QED) is 0.0231. The van der Waals surface area contributed by atoms with Gasteiger partial charge in [-0.15, -0.1) is 11.8 Å². The fourth-order valence-corrected chi connectivity index (χ4v) is 9.12. The zero-order chi connectivity index (χ0) is 44.6. The Hall–Kier alpha value is -6.31. The van der Waals surface area contributed by atoms with Crippen molar-refractivity contribution in [3.05, 3.63) is 171 Å². The summed E-state index contributed by atoms with van der Waals surface area (Å²) in [5.74, 6) is -6.86. The molecule has 0 fully saturated rings. The number of imide groups is 1. The van der Waals surface area contributed by atoms with Crippen molar-refractivity contribution in [2.75, 3.05) is 18.8 Å². The van der Waals surface area contributed by atoms with Gasteiger partial charge >= 0.3 is 0 Å². The van der Waals surface area contributed by atoms with Crippen LogP contribution in [0.3, 0.4) is 0 Å². The van der Waals surface area contributed by atoms with Crippen LogP contribution in [0, 0.1) is 23.3 Å². The molecule has 62 heavy (non-hydrogen) atoms. The van der Waals surface area contributed by atoms with Gasteiger partial charge < -0.3 is 0 Å². The van der Waals surface area contributed by atoms with Gasteiger partial charge in [-0.1, -0.05) is 42.5 Å². The van der Waals surface area contributed by atoms with E-state index in [1.165, 1.54) is 24.3 Å². The summed E-state index contributed by atoms with van der Waals surface area (Å²) in [6.45, 7) is 0.841. The highest BCUT2D eigenvalue weighted by Crippen LogP contribution is 2.38. The van der Waals surface area contributed by atoms with Crippen molar-refractivity contribution >= 4 is 60.7 Å². The Balaban J connectivity index is 1.09. The molecule has 0 saturated carbocycles. The summed E-state index contributed by atoms with van der Waals surface area (Å²) in [5, 5.41) is 0. The van der Waals surface area contributed by atoms with Crippen molar-refractivity contribution in [1.29, 1.82) is 0 Å².